The highest BCUT2D eigenvalue weighted by atomic mass is 16.5. The highest BCUT2D eigenvalue weighted by Crippen LogP contribution is 2.22. The largest absolute Gasteiger partial charge is 0.481 e. The first-order chi connectivity index (χ1) is 16.0. The number of nitrogens with one attached hydrogen (secondary N) is 3. The standard InChI is InChI=1S/C22H19N7O4/c1-33-20(32)15-7-5-14(6-8-15)17-11-18(29-28-17)26-22-24-12-23-21(27-22)25-16-4-2-3-13(9-16)10-19(30)31/h2-9,11-12H,10H2,1H3,(H,30,31)(H3,23,24,25,26,27,28,29). The van der Waals surface area contributed by atoms with Crippen molar-refractivity contribution >= 4 is 35.3 Å². The van der Waals surface area contributed by atoms with Crippen molar-refractivity contribution in [3.05, 3.63) is 72.1 Å². The van der Waals surface area contributed by atoms with E-state index in [0.29, 0.717) is 22.6 Å². The van der Waals surface area contributed by atoms with Gasteiger partial charge in [0.15, 0.2) is 5.82 Å². The zero-order valence-electron chi connectivity index (χ0n) is 17.4. The van der Waals surface area contributed by atoms with Crippen LogP contribution in [0.4, 0.5) is 23.4 Å². The van der Waals surface area contributed by atoms with Crippen LogP contribution in [0.1, 0.15) is 15.9 Å². The predicted molar refractivity (Wildman–Crippen MR) is 120 cm³/mol. The van der Waals surface area contributed by atoms with Crippen molar-refractivity contribution in [2.75, 3.05) is 17.7 Å². The van der Waals surface area contributed by atoms with Gasteiger partial charge in [0, 0.05) is 11.8 Å². The Morgan fingerprint density at radius 1 is 1.03 bits per heavy atom. The van der Waals surface area contributed by atoms with Gasteiger partial charge in [0.2, 0.25) is 11.9 Å². The van der Waals surface area contributed by atoms with Crippen LogP contribution in [0.2, 0.25) is 0 Å². The van der Waals surface area contributed by atoms with Crippen molar-refractivity contribution < 1.29 is 19.4 Å². The van der Waals surface area contributed by atoms with Crippen LogP contribution in [0.15, 0.2) is 60.9 Å². The smallest absolute Gasteiger partial charge is 0.337 e. The number of aromatic nitrogens is 5. The molecule has 0 fully saturated rings. The van der Waals surface area contributed by atoms with Crippen molar-refractivity contribution in [3.63, 3.8) is 0 Å². The first kappa shape index (κ1) is 21.4. The van der Waals surface area contributed by atoms with Gasteiger partial charge in [-0.25, -0.2) is 14.8 Å². The fourth-order valence-electron chi connectivity index (χ4n) is 3.03. The molecule has 0 spiro atoms. The van der Waals surface area contributed by atoms with Gasteiger partial charge >= 0.3 is 11.9 Å². The Kier molecular flexibility index (Phi) is 6.21. The van der Waals surface area contributed by atoms with Crippen molar-refractivity contribution in [1.82, 2.24) is 25.1 Å². The molecule has 0 saturated carbocycles. The summed E-state index contributed by atoms with van der Waals surface area (Å²) >= 11 is 0. The van der Waals surface area contributed by atoms with Gasteiger partial charge < -0.3 is 20.5 Å². The lowest BCUT2D eigenvalue weighted by atomic mass is 10.1. The molecule has 11 nitrogen and oxygen atoms in total. The summed E-state index contributed by atoms with van der Waals surface area (Å²) in [6.07, 6.45) is 1.27. The van der Waals surface area contributed by atoms with Gasteiger partial charge in [0.25, 0.3) is 0 Å². The van der Waals surface area contributed by atoms with Crippen LogP contribution in [-0.2, 0) is 16.0 Å². The van der Waals surface area contributed by atoms with E-state index in [1.54, 1.807) is 54.6 Å². The fourth-order valence-corrected chi connectivity index (χ4v) is 3.03. The molecule has 0 saturated heterocycles. The molecule has 2 heterocycles. The normalized spacial score (nSPS) is 10.5. The summed E-state index contributed by atoms with van der Waals surface area (Å²) in [7, 11) is 1.34. The fraction of sp³-hybridized carbons (Fsp3) is 0.0909. The van der Waals surface area contributed by atoms with E-state index >= 15 is 0 Å². The van der Waals surface area contributed by atoms with E-state index in [0.717, 1.165) is 11.3 Å². The molecule has 2 aromatic heterocycles. The van der Waals surface area contributed by atoms with E-state index in [9.17, 15) is 9.59 Å². The predicted octanol–water partition coefficient (Wildman–Crippen LogP) is 3.16. The van der Waals surface area contributed by atoms with E-state index in [-0.39, 0.29) is 18.3 Å². The number of anilines is 4. The number of methoxy groups -OCH3 is 1. The molecule has 0 unspecified atom stereocenters. The van der Waals surface area contributed by atoms with Gasteiger partial charge in [-0.3, -0.25) is 9.89 Å². The first-order valence-corrected chi connectivity index (χ1v) is 9.78. The van der Waals surface area contributed by atoms with Crippen LogP contribution in [0.5, 0.6) is 0 Å². The summed E-state index contributed by atoms with van der Waals surface area (Å²) in [6.45, 7) is 0. The number of carbonyl (C=O) groups excluding carboxylic acids is 1. The van der Waals surface area contributed by atoms with Gasteiger partial charge in [0.05, 0.1) is 24.8 Å². The molecule has 33 heavy (non-hydrogen) atoms. The monoisotopic (exact) mass is 445 g/mol. The summed E-state index contributed by atoms with van der Waals surface area (Å²) in [6, 6.07) is 15.7. The number of hydrogen-bond acceptors (Lipinski definition) is 9. The van der Waals surface area contributed by atoms with Gasteiger partial charge in [-0.2, -0.15) is 10.1 Å². The summed E-state index contributed by atoms with van der Waals surface area (Å²) in [4.78, 5) is 35.0. The number of ether oxygens (including phenoxy) is 1. The number of rotatable bonds is 8. The second-order valence-electron chi connectivity index (χ2n) is 6.89. The Labute approximate surface area is 187 Å². The van der Waals surface area contributed by atoms with Crippen LogP contribution in [0.25, 0.3) is 11.3 Å². The molecule has 0 amide bonds. The Balaban J connectivity index is 1.44. The highest BCUT2D eigenvalue weighted by molar-refractivity contribution is 5.89. The lowest BCUT2D eigenvalue weighted by Crippen LogP contribution is -2.04. The van der Waals surface area contributed by atoms with Gasteiger partial charge in [-0.15, -0.1) is 0 Å². The molecule has 11 heteroatoms. The molecule has 0 radical (unpaired) electrons. The van der Waals surface area contributed by atoms with Crippen LogP contribution in [0.3, 0.4) is 0 Å². The number of aliphatic carboxylic acids is 1. The second kappa shape index (κ2) is 9.56. The molecular weight excluding hydrogens is 426 g/mol. The SMILES string of the molecule is COC(=O)c1ccc(-c2cc(Nc3ncnc(Nc4cccc(CC(=O)O)c4)n3)n[nH]2)cc1. The van der Waals surface area contributed by atoms with Crippen LogP contribution < -0.4 is 10.6 Å². The Bertz CT molecular complexity index is 1290. The summed E-state index contributed by atoms with van der Waals surface area (Å²) in [5.41, 5.74) is 3.34. The lowest BCUT2D eigenvalue weighted by Gasteiger charge is -2.07. The highest BCUT2D eigenvalue weighted by Gasteiger charge is 2.09. The molecule has 0 bridgehead atoms. The van der Waals surface area contributed by atoms with Crippen LogP contribution >= 0.6 is 0 Å². The van der Waals surface area contributed by atoms with Gasteiger partial charge in [-0.1, -0.05) is 24.3 Å². The summed E-state index contributed by atoms with van der Waals surface area (Å²) in [5.74, 6) is -0.261. The van der Waals surface area contributed by atoms with Crippen LogP contribution in [-0.4, -0.2) is 49.3 Å². The van der Waals surface area contributed by atoms with E-state index < -0.39 is 11.9 Å². The third-order valence-electron chi connectivity index (χ3n) is 4.55. The summed E-state index contributed by atoms with van der Waals surface area (Å²) in [5, 5.41) is 22.1. The maximum atomic E-state index is 11.6. The zero-order valence-corrected chi connectivity index (χ0v) is 17.4. The number of esters is 1. The van der Waals surface area contributed by atoms with E-state index in [4.69, 9.17) is 9.84 Å². The average Bonchev–Trinajstić information content (AvgIpc) is 3.27. The quantitative estimate of drug-likeness (QED) is 0.297. The van der Waals surface area contributed by atoms with E-state index in [1.807, 2.05) is 0 Å². The number of carboxylic acids is 1. The zero-order chi connectivity index (χ0) is 23.2. The van der Waals surface area contributed by atoms with Gasteiger partial charge in [-0.05, 0) is 35.4 Å². The Morgan fingerprint density at radius 3 is 2.52 bits per heavy atom. The van der Waals surface area contributed by atoms with Crippen molar-refractivity contribution in [2.24, 2.45) is 0 Å². The van der Waals surface area contributed by atoms with Crippen molar-refractivity contribution in [2.45, 2.75) is 6.42 Å². The molecule has 0 atom stereocenters. The molecule has 0 aliphatic carbocycles. The molecule has 4 N–H and O–H groups in total. The number of carbonyl (C=O) groups is 2. The molecule has 0 aliphatic rings. The maximum absolute atomic E-state index is 11.6. The Hall–Kier alpha value is -4.80. The maximum Gasteiger partial charge on any atom is 0.337 e. The first-order valence-electron chi connectivity index (χ1n) is 9.78. The number of benzene rings is 2. The number of aromatic amines is 1. The van der Waals surface area contributed by atoms with E-state index in [1.165, 1.54) is 13.4 Å². The van der Waals surface area contributed by atoms with E-state index in [2.05, 4.69) is 35.8 Å². The lowest BCUT2D eigenvalue weighted by molar-refractivity contribution is -0.136. The molecule has 0 aliphatic heterocycles. The van der Waals surface area contributed by atoms with Crippen molar-refractivity contribution in [1.29, 1.82) is 0 Å². The molecule has 4 aromatic rings. The number of hydrogen-bond donors (Lipinski definition) is 4. The topological polar surface area (TPSA) is 155 Å². The molecular formula is C22H19N7O4. The Morgan fingerprint density at radius 2 is 1.79 bits per heavy atom. The van der Waals surface area contributed by atoms with Crippen LogP contribution in [0, 0.1) is 0 Å². The molecule has 2 aromatic carbocycles. The third-order valence-corrected chi connectivity index (χ3v) is 4.55. The third kappa shape index (κ3) is 5.47. The molecule has 166 valence electrons. The molecule has 4 rings (SSSR count). The minimum Gasteiger partial charge on any atom is -0.481 e. The minimum atomic E-state index is -0.906. The number of nitrogens with zero attached hydrogens (tertiary/aromatic N) is 4. The summed E-state index contributed by atoms with van der Waals surface area (Å²) < 4.78 is 4.70. The number of H-pyrrole nitrogens is 1. The van der Waals surface area contributed by atoms with Crippen molar-refractivity contribution in [3.8, 4) is 11.3 Å². The average molecular weight is 445 g/mol. The van der Waals surface area contributed by atoms with Gasteiger partial charge in [0.1, 0.15) is 6.33 Å². The minimum absolute atomic E-state index is 0.0769. The number of carboxylic acid groups (broad SMARTS) is 1. The second-order valence-corrected chi connectivity index (χ2v) is 6.89.